The molecule has 4 atom stereocenters. The van der Waals surface area contributed by atoms with E-state index in [9.17, 15) is 9.90 Å². The van der Waals surface area contributed by atoms with Crippen molar-refractivity contribution in [1.82, 2.24) is 14.7 Å². The second kappa shape index (κ2) is 8.15. The first kappa shape index (κ1) is 18.2. The van der Waals surface area contributed by atoms with Crippen LogP contribution in [0.5, 0.6) is 0 Å². The molecular weight excluding hydrogens is 302 g/mol. The van der Waals surface area contributed by atoms with Crippen molar-refractivity contribution in [2.24, 2.45) is 5.92 Å². The molecule has 3 rings (SSSR count). The fourth-order valence-corrected chi connectivity index (χ4v) is 5.04. The summed E-state index contributed by atoms with van der Waals surface area (Å²) in [6.07, 6.45) is 7.41. The lowest BCUT2D eigenvalue weighted by Gasteiger charge is -2.45. The Morgan fingerprint density at radius 3 is 2.62 bits per heavy atom. The number of aliphatic hydroxyl groups is 1. The molecule has 1 N–H and O–H groups in total. The summed E-state index contributed by atoms with van der Waals surface area (Å²) in [6.45, 7) is 9.15. The Morgan fingerprint density at radius 2 is 1.88 bits per heavy atom. The van der Waals surface area contributed by atoms with Crippen LogP contribution in [0.2, 0.25) is 0 Å². The molecule has 0 aromatic rings. The number of amides is 1. The van der Waals surface area contributed by atoms with Gasteiger partial charge in [-0.3, -0.25) is 14.6 Å². The third-order valence-corrected chi connectivity index (χ3v) is 6.27. The standard InChI is InChI=1S/C19H35N3O2/c1-15-12-20(10-11-21(15)13-16(2)23)14-19(24)22-9-5-7-17-6-3-4-8-18(17)22/h15-18,23H,3-14H2,1-2H3/t15-,16+,17+,18-/m1/s1. The summed E-state index contributed by atoms with van der Waals surface area (Å²) in [4.78, 5) is 19.8. The molecule has 2 aliphatic heterocycles. The summed E-state index contributed by atoms with van der Waals surface area (Å²) in [6, 6.07) is 0.930. The Balaban J connectivity index is 1.51. The van der Waals surface area contributed by atoms with Gasteiger partial charge in [-0.05, 0) is 45.4 Å². The number of likely N-dealkylation sites (tertiary alicyclic amines) is 1. The maximum atomic E-state index is 12.9. The lowest BCUT2D eigenvalue weighted by molar-refractivity contribution is -0.139. The van der Waals surface area contributed by atoms with Gasteiger partial charge >= 0.3 is 0 Å². The fraction of sp³-hybridized carbons (Fsp3) is 0.947. The van der Waals surface area contributed by atoms with Crippen molar-refractivity contribution in [3.8, 4) is 0 Å². The number of rotatable bonds is 4. The van der Waals surface area contributed by atoms with E-state index < -0.39 is 0 Å². The molecule has 1 saturated carbocycles. The van der Waals surface area contributed by atoms with Crippen LogP contribution in [0.15, 0.2) is 0 Å². The number of carbonyl (C=O) groups is 1. The summed E-state index contributed by atoms with van der Waals surface area (Å²) in [5.41, 5.74) is 0. The molecule has 3 fully saturated rings. The zero-order valence-corrected chi connectivity index (χ0v) is 15.5. The second-order valence-corrected chi connectivity index (χ2v) is 8.27. The lowest BCUT2D eigenvalue weighted by Crippen LogP contribution is -2.57. The van der Waals surface area contributed by atoms with Crippen LogP contribution in [0.4, 0.5) is 0 Å². The number of carbonyl (C=O) groups excluding carboxylic acids is 1. The largest absolute Gasteiger partial charge is 0.392 e. The highest BCUT2D eigenvalue weighted by atomic mass is 16.3. The number of piperidine rings is 1. The van der Waals surface area contributed by atoms with Crippen molar-refractivity contribution in [3.63, 3.8) is 0 Å². The molecule has 3 aliphatic rings. The van der Waals surface area contributed by atoms with E-state index in [1.807, 2.05) is 6.92 Å². The molecule has 0 bridgehead atoms. The predicted molar refractivity (Wildman–Crippen MR) is 95.8 cm³/mol. The summed E-state index contributed by atoms with van der Waals surface area (Å²) in [5.74, 6) is 1.11. The minimum Gasteiger partial charge on any atom is -0.392 e. The van der Waals surface area contributed by atoms with Crippen molar-refractivity contribution in [2.45, 2.75) is 70.6 Å². The minimum absolute atomic E-state index is 0.280. The third kappa shape index (κ3) is 4.30. The van der Waals surface area contributed by atoms with Crippen LogP contribution in [0.1, 0.15) is 52.4 Å². The number of hydrogen-bond donors (Lipinski definition) is 1. The van der Waals surface area contributed by atoms with E-state index in [0.29, 0.717) is 24.5 Å². The van der Waals surface area contributed by atoms with Crippen molar-refractivity contribution in [1.29, 1.82) is 0 Å². The van der Waals surface area contributed by atoms with Gasteiger partial charge in [0.15, 0.2) is 0 Å². The Labute approximate surface area is 147 Å². The van der Waals surface area contributed by atoms with Gasteiger partial charge in [0.05, 0.1) is 12.6 Å². The Bertz CT molecular complexity index is 427. The van der Waals surface area contributed by atoms with Gasteiger partial charge in [0, 0.05) is 44.8 Å². The molecule has 24 heavy (non-hydrogen) atoms. The van der Waals surface area contributed by atoms with Crippen molar-refractivity contribution in [3.05, 3.63) is 0 Å². The van der Waals surface area contributed by atoms with Crippen molar-refractivity contribution in [2.75, 3.05) is 39.3 Å². The van der Waals surface area contributed by atoms with Crippen LogP contribution in [0.25, 0.3) is 0 Å². The lowest BCUT2D eigenvalue weighted by atomic mass is 9.78. The number of hydrogen-bond acceptors (Lipinski definition) is 4. The number of fused-ring (bicyclic) bond motifs is 1. The maximum Gasteiger partial charge on any atom is 0.237 e. The molecule has 1 aliphatic carbocycles. The molecule has 5 nitrogen and oxygen atoms in total. The summed E-state index contributed by atoms with van der Waals surface area (Å²) in [5, 5.41) is 9.60. The number of piperazine rings is 1. The minimum atomic E-state index is -0.280. The topological polar surface area (TPSA) is 47.0 Å². The highest BCUT2D eigenvalue weighted by Crippen LogP contribution is 2.35. The highest BCUT2D eigenvalue weighted by Gasteiger charge is 2.36. The van der Waals surface area contributed by atoms with E-state index >= 15 is 0 Å². The monoisotopic (exact) mass is 337 g/mol. The number of aliphatic hydroxyl groups excluding tert-OH is 1. The van der Waals surface area contributed by atoms with Gasteiger partial charge < -0.3 is 10.0 Å². The number of β-amino-alcohol motifs (C(OH)–C–C–N with tert-alkyl or cyclic N) is 1. The van der Waals surface area contributed by atoms with E-state index in [4.69, 9.17) is 0 Å². The Morgan fingerprint density at radius 1 is 1.12 bits per heavy atom. The zero-order valence-electron chi connectivity index (χ0n) is 15.5. The summed E-state index contributed by atoms with van der Waals surface area (Å²) >= 11 is 0. The fourth-order valence-electron chi connectivity index (χ4n) is 5.04. The van der Waals surface area contributed by atoms with Crippen molar-refractivity contribution >= 4 is 5.91 Å². The van der Waals surface area contributed by atoms with Crippen LogP contribution in [-0.2, 0) is 4.79 Å². The number of nitrogens with zero attached hydrogens (tertiary/aromatic N) is 3. The van der Waals surface area contributed by atoms with Gasteiger partial charge in [-0.1, -0.05) is 12.8 Å². The molecule has 138 valence electrons. The smallest absolute Gasteiger partial charge is 0.237 e. The molecular formula is C19H35N3O2. The third-order valence-electron chi connectivity index (χ3n) is 6.27. The molecule has 0 unspecified atom stereocenters. The van der Waals surface area contributed by atoms with E-state index in [1.54, 1.807) is 0 Å². The van der Waals surface area contributed by atoms with Gasteiger partial charge in [0.2, 0.25) is 5.91 Å². The summed E-state index contributed by atoms with van der Waals surface area (Å²) in [7, 11) is 0. The zero-order chi connectivity index (χ0) is 17.1. The first-order valence-electron chi connectivity index (χ1n) is 9.98. The van der Waals surface area contributed by atoms with Gasteiger partial charge in [-0.2, -0.15) is 0 Å². The van der Waals surface area contributed by atoms with Gasteiger partial charge in [0.25, 0.3) is 0 Å². The molecule has 0 aromatic carbocycles. The molecule has 0 aromatic heterocycles. The van der Waals surface area contributed by atoms with E-state index in [2.05, 4.69) is 21.6 Å². The normalized spacial score (nSPS) is 34.0. The van der Waals surface area contributed by atoms with E-state index in [0.717, 1.165) is 38.6 Å². The van der Waals surface area contributed by atoms with Gasteiger partial charge in [-0.15, -0.1) is 0 Å². The molecule has 5 heteroatoms. The van der Waals surface area contributed by atoms with Crippen LogP contribution >= 0.6 is 0 Å². The second-order valence-electron chi connectivity index (χ2n) is 8.27. The molecule has 0 radical (unpaired) electrons. The average molecular weight is 338 g/mol. The Kier molecular flexibility index (Phi) is 6.17. The van der Waals surface area contributed by atoms with Crippen LogP contribution in [0, 0.1) is 5.92 Å². The first-order chi connectivity index (χ1) is 11.5. The van der Waals surface area contributed by atoms with Gasteiger partial charge in [0.1, 0.15) is 0 Å². The quantitative estimate of drug-likeness (QED) is 0.846. The molecule has 2 saturated heterocycles. The van der Waals surface area contributed by atoms with Crippen LogP contribution < -0.4 is 0 Å². The van der Waals surface area contributed by atoms with Gasteiger partial charge in [-0.25, -0.2) is 0 Å². The van der Waals surface area contributed by atoms with E-state index in [-0.39, 0.29) is 6.10 Å². The first-order valence-corrected chi connectivity index (χ1v) is 9.98. The van der Waals surface area contributed by atoms with Crippen LogP contribution in [-0.4, -0.2) is 83.2 Å². The molecule has 2 heterocycles. The SMILES string of the molecule is C[C@H](O)CN1CCN(CC(=O)N2CCC[C@@H]3CCCC[C@H]32)C[C@H]1C. The Hall–Kier alpha value is -0.650. The summed E-state index contributed by atoms with van der Waals surface area (Å²) < 4.78 is 0. The molecule has 0 spiro atoms. The predicted octanol–water partition coefficient (Wildman–Crippen LogP) is 1.55. The average Bonchev–Trinajstić information content (AvgIpc) is 2.56. The highest BCUT2D eigenvalue weighted by molar-refractivity contribution is 5.78. The van der Waals surface area contributed by atoms with E-state index in [1.165, 1.54) is 38.5 Å². The maximum absolute atomic E-state index is 12.9. The molecule has 1 amide bonds. The van der Waals surface area contributed by atoms with Crippen LogP contribution in [0.3, 0.4) is 0 Å². The van der Waals surface area contributed by atoms with Crippen molar-refractivity contribution < 1.29 is 9.90 Å².